The van der Waals surface area contributed by atoms with Gasteiger partial charge in [0, 0.05) is 51.2 Å². The van der Waals surface area contributed by atoms with Gasteiger partial charge in [-0.2, -0.15) is 0 Å². The highest BCUT2D eigenvalue weighted by molar-refractivity contribution is 5.80. The van der Waals surface area contributed by atoms with Crippen LogP contribution in [-0.2, 0) is 4.79 Å². The summed E-state index contributed by atoms with van der Waals surface area (Å²) in [6, 6.07) is 0.645. The molecule has 16 heavy (non-hydrogen) atoms. The lowest BCUT2D eigenvalue weighted by Crippen LogP contribution is -2.64. The van der Waals surface area contributed by atoms with Gasteiger partial charge in [-0.1, -0.05) is 6.42 Å². The Bertz CT molecular complexity index is 265. The molecule has 2 aliphatic heterocycles. The van der Waals surface area contributed by atoms with Crippen molar-refractivity contribution in [3.63, 3.8) is 0 Å². The third kappa shape index (κ3) is 1.84. The van der Waals surface area contributed by atoms with Gasteiger partial charge in [-0.05, 0) is 12.8 Å². The van der Waals surface area contributed by atoms with E-state index in [0.29, 0.717) is 17.9 Å². The number of carbonyl (C=O) groups is 1. The summed E-state index contributed by atoms with van der Waals surface area (Å²) in [7, 11) is 0. The van der Waals surface area contributed by atoms with Crippen molar-refractivity contribution in [3.05, 3.63) is 0 Å². The van der Waals surface area contributed by atoms with Gasteiger partial charge in [0.1, 0.15) is 0 Å². The number of rotatable bonds is 2. The highest BCUT2D eigenvalue weighted by Gasteiger charge is 2.38. The summed E-state index contributed by atoms with van der Waals surface area (Å²) in [6.45, 7) is 6.47. The Labute approximate surface area is 97.0 Å². The van der Waals surface area contributed by atoms with Crippen molar-refractivity contribution in [3.8, 4) is 0 Å². The van der Waals surface area contributed by atoms with Gasteiger partial charge < -0.3 is 10.2 Å². The van der Waals surface area contributed by atoms with Crippen molar-refractivity contribution < 1.29 is 4.79 Å². The topological polar surface area (TPSA) is 35.6 Å². The number of hydrogen-bond donors (Lipinski definition) is 1. The highest BCUT2D eigenvalue weighted by atomic mass is 16.2. The molecular formula is C12H21N3O. The molecule has 4 heteroatoms. The van der Waals surface area contributed by atoms with E-state index < -0.39 is 0 Å². The molecule has 1 N–H and O–H groups in total. The van der Waals surface area contributed by atoms with E-state index in [1.165, 1.54) is 6.42 Å². The number of nitrogens with one attached hydrogen (secondary N) is 1. The first kappa shape index (κ1) is 10.5. The van der Waals surface area contributed by atoms with Crippen molar-refractivity contribution in [1.29, 1.82) is 0 Å². The molecule has 0 aromatic rings. The average Bonchev–Trinajstić information content (AvgIpc) is 2.14. The molecule has 90 valence electrons. The summed E-state index contributed by atoms with van der Waals surface area (Å²) < 4.78 is 0. The van der Waals surface area contributed by atoms with E-state index in [0.717, 1.165) is 52.1 Å². The molecule has 0 aromatic carbocycles. The SMILES string of the molecule is O=C(C1CCC1)N1CC(N2CCNCC2)C1. The summed E-state index contributed by atoms with van der Waals surface area (Å²) in [4.78, 5) is 16.5. The molecule has 0 unspecified atom stereocenters. The normalized spacial score (nSPS) is 28.6. The van der Waals surface area contributed by atoms with E-state index in [4.69, 9.17) is 0 Å². The predicted molar refractivity (Wildman–Crippen MR) is 62.2 cm³/mol. The number of likely N-dealkylation sites (tertiary alicyclic amines) is 1. The fourth-order valence-corrected chi connectivity index (χ4v) is 2.83. The Morgan fingerprint density at radius 2 is 1.81 bits per heavy atom. The molecule has 1 amide bonds. The molecule has 1 aliphatic carbocycles. The lowest BCUT2D eigenvalue weighted by atomic mass is 9.83. The van der Waals surface area contributed by atoms with Gasteiger partial charge in [0.25, 0.3) is 0 Å². The Kier molecular flexibility index (Phi) is 2.86. The van der Waals surface area contributed by atoms with Gasteiger partial charge in [0.05, 0.1) is 0 Å². The quantitative estimate of drug-likeness (QED) is 0.710. The van der Waals surface area contributed by atoms with Crippen molar-refractivity contribution in [1.82, 2.24) is 15.1 Å². The smallest absolute Gasteiger partial charge is 0.225 e. The van der Waals surface area contributed by atoms with Gasteiger partial charge in [-0.15, -0.1) is 0 Å². The molecule has 0 bridgehead atoms. The predicted octanol–water partition coefficient (Wildman–Crippen LogP) is -0.0975. The number of hydrogen-bond acceptors (Lipinski definition) is 3. The van der Waals surface area contributed by atoms with Crippen LogP contribution >= 0.6 is 0 Å². The summed E-state index contributed by atoms with van der Waals surface area (Å²) in [5, 5.41) is 3.37. The van der Waals surface area contributed by atoms with Crippen molar-refractivity contribution in [2.75, 3.05) is 39.3 Å². The van der Waals surface area contributed by atoms with Crippen molar-refractivity contribution >= 4 is 5.91 Å². The van der Waals surface area contributed by atoms with Crippen LogP contribution in [0.3, 0.4) is 0 Å². The molecule has 1 saturated carbocycles. The summed E-state index contributed by atoms with van der Waals surface area (Å²) in [6.07, 6.45) is 3.52. The standard InChI is InChI=1S/C12H21N3O/c16-12(10-2-1-3-10)15-8-11(9-15)14-6-4-13-5-7-14/h10-11,13H,1-9H2. The second-order valence-electron chi connectivity index (χ2n) is 5.31. The van der Waals surface area contributed by atoms with E-state index in [1.54, 1.807) is 0 Å². The van der Waals surface area contributed by atoms with Crippen molar-refractivity contribution in [2.24, 2.45) is 5.92 Å². The van der Waals surface area contributed by atoms with Crippen molar-refractivity contribution in [2.45, 2.75) is 25.3 Å². The zero-order valence-corrected chi connectivity index (χ0v) is 9.82. The highest BCUT2D eigenvalue weighted by Crippen LogP contribution is 2.30. The van der Waals surface area contributed by atoms with Gasteiger partial charge in [-0.3, -0.25) is 9.69 Å². The largest absolute Gasteiger partial charge is 0.339 e. The van der Waals surface area contributed by atoms with E-state index in [9.17, 15) is 4.79 Å². The average molecular weight is 223 g/mol. The molecule has 3 rings (SSSR count). The van der Waals surface area contributed by atoms with Crippen LogP contribution in [-0.4, -0.2) is 61.0 Å². The Hall–Kier alpha value is -0.610. The molecule has 0 radical (unpaired) electrons. The lowest BCUT2D eigenvalue weighted by molar-refractivity contribution is -0.146. The maximum absolute atomic E-state index is 11.9. The molecule has 3 aliphatic rings. The van der Waals surface area contributed by atoms with Gasteiger partial charge in [0.15, 0.2) is 0 Å². The summed E-state index contributed by atoms with van der Waals surface area (Å²) in [5.74, 6) is 0.807. The minimum atomic E-state index is 0.379. The van der Waals surface area contributed by atoms with E-state index in [2.05, 4.69) is 15.1 Å². The number of carbonyl (C=O) groups excluding carboxylic acids is 1. The van der Waals surface area contributed by atoms with Crippen LogP contribution in [0.4, 0.5) is 0 Å². The van der Waals surface area contributed by atoms with E-state index in [1.807, 2.05) is 0 Å². The monoisotopic (exact) mass is 223 g/mol. The summed E-state index contributed by atoms with van der Waals surface area (Å²) >= 11 is 0. The van der Waals surface area contributed by atoms with Crippen LogP contribution in [0, 0.1) is 5.92 Å². The molecule has 0 aromatic heterocycles. The van der Waals surface area contributed by atoms with E-state index in [-0.39, 0.29) is 0 Å². The van der Waals surface area contributed by atoms with Crippen LogP contribution < -0.4 is 5.32 Å². The zero-order valence-electron chi connectivity index (χ0n) is 9.82. The number of amides is 1. The van der Waals surface area contributed by atoms with Crippen LogP contribution in [0.5, 0.6) is 0 Å². The van der Waals surface area contributed by atoms with Gasteiger partial charge in [-0.25, -0.2) is 0 Å². The first-order valence-electron chi connectivity index (χ1n) is 6.58. The number of nitrogens with zero attached hydrogens (tertiary/aromatic N) is 2. The third-order valence-corrected chi connectivity index (χ3v) is 4.30. The number of piperazine rings is 1. The van der Waals surface area contributed by atoms with E-state index >= 15 is 0 Å². The lowest BCUT2D eigenvalue weighted by Gasteiger charge is -2.48. The maximum Gasteiger partial charge on any atom is 0.225 e. The minimum absolute atomic E-state index is 0.379. The van der Waals surface area contributed by atoms with Crippen LogP contribution in [0.2, 0.25) is 0 Å². The fraction of sp³-hybridized carbons (Fsp3) is 0.917. The minimum Gasteiger partial charge on any atom is -0.339 e. The van der Waals surface area contributed by atoms with Crippen LogP contribution in [0.25, 0.3) is 0 Å². The summed E-state index contributed by atoms with van der Waals surface area (Å²) in [5.41, 5.74) is 0. The second kappa shape index (κ2) is 4.34. The molecule has 0 spiro atoms. The Balaban J connectivity index is 1.44. The molecule has 2 heterocycles. The van der Waals surface area contributed by atoms with Gasteiger partial charge >= 0.3 is 0 Å². The molecule has 0 atom stereocenters. The first-order chi connectivity index (χ1) is 7.84. The Morgan fingerprint density at radius 3 is 2.38 bits per heavy atom. The fourth-order valence-electron chi connectivity index (χ4n) is 2.83. The second-order valence-corrected chi connectivity index (χ2v) is 5.31. The molecule has 4 nitrogen and oxygen atoms in total. The first-order valence-corrected chi connectivity index (χ1v) is 6.58. The molecular weight excluding hydrogens is 202 g/mol. The third-order valence-electron chi connectivity index (χ3n) is 4.30. The van der Waals surface area contributed by atoms with Gasteiger partial charge in [0.2, 0.25) is 5.91 Å². The maximum atomic E-state index is 11.9. The molecule has 3 fully saturated rings. The zero-order chi connectivity index (χ0) is 11.0. The Morgan fingerprint density at radius 1 is 1.12 bits per heavy atom. The molecule has 2 saturated heterocycles. The van der Waals surface area contributed by atoms with Crippen LogP contribution in [0.15, 0.2) is 0 Å². The van der Waals surface area contributed by atoms with Crippen LogP contribution in [0.1, 0.15) is 19.3 Å².